The first kappa shape index (κ1) is 11.3. The molecule has 1 atom stereocenters. The summed E-state index contributed by atoms with van der Waals surface area (Å²) < 4.78 is 0.914. The molecule has 1 aromatic rings. The van der Waals surface area contributed by atoms with Crippen molar-refractivity contribution in [3.63, 3.8) is 0 Å². The zero-order valence-electron chi connectivity index (χ0n) is 8.32. The van der Waals surface area contributed by atoms with Crippen molar-refractivity contribution in [3.05, 3.63) is 21.0 Å². The highest BCUT2D eigenvalue weighted by Gasteiger charge is 2.18. The van der Waals surface area contributed by atoms with Gasteiger partial charge < -0.3 is 5.11 Å². The van der Waals surface area contributed by atoms with Crippen molar-refractivity contribution in [2.45, 2.75) is 32.2 Å². The van der Waals surface area contributed by atoms with Crippen LogP contribution in [0, 0.1) is 0 Å². The highest BCUT2D eigenvalue weighted by atomic mass is 16.4. The third-order valence-corrected chi connectivity index (χ3v) is 2.11. The minimum Gasteiger partial charge on any atom is -0.481 e. The Hall–Kier alpha value is -1.79. The summed E-state index contributed by atoms with van der Waals surface area (Å²) in [5.41, 5.74) is -1.19. The zero-order valence-corrected chi connectivity index (χ0v) is 8.32. The van der Waals surface area contributed by atoms with Gasteiger partial charge in [0.05, 0.1) is 12.5 Å². The van der Waals surface area contributed by atoms with Crippen molar-refractivity contribution in [1.29, 1.82) is 0 Å². The van der Waals surface area contributed by atoms with Crippen LogP contribution in [0.15, 0.2) is 9.59 Å². The lowest BCUT2D eigenvalue weighted by Crippen LogP contribution is -2.32. The van der Waals surface area contributed by atoms with Crippen LogP contribution in [0.3, 0.4) is 0 Å². The fourth-order valence-corrected chi connectivity index (χ4v) is 1.51. The first-order chi connectivity index (χ1) is 7.06. The Morgan fingerprint density at radius 1 is 1.40 bits per heavy atom. The van der Waals surface area contributed by atoms with Crippen LogP contribution in [0.2, 0.25) is 0 Å². The third kappa shape index (κ3) is 2.58. The van der Waals surface area contributed by atoms with Gasteiger partial charge in [-0.25, -0.2) is 24.4 Å². The Balaban J connectivity index is 3.03. The second kappa shape index (κ2) is 4.63. The maximum absolute atomic E-state index is 11.2. The molecule has 7 heteroatoms. The van der Waals surface area contributed by atoms with E-state index in [0.29, 0.717) is 12.8 Å². The topological polar surface area (TPSA) is 108 Å². The SMILES string of the molecule is CCCC(CC(=O)O)n1c(=O)[nH][nH]c1=O. The number of nitrogens with zero attached hydrogens (tertiary/aromatic N) is 1. The van der Waals surface area contributed by atoms with E-state index in [9.17, 15) is 14.4 Å². The van der Waals surface area contributed by atoms with E-state index in [1.165, 1.54) is 0 Å². The van der Waals surface area contributed by atoms with Gasteiger partial charge in [0.25, 0.3) is 0 Å². The molecule has 0 amide bonds. The average molecular weight is 215 g/mol. The second-order valence-electron chi connectivity index (χ2n) is 3.27. The first-order valence-corrected chi connectivity index (χ1v) is 4.67. The van der Waals surface area contributed by atoms with Gasteiger partial charge in [-0.05, 0) is 6.42 Å². The summed E-state index contributed by atoms with van der Waals surface area (Å²) >= 11 is 0. The van der Waals surface area contributed by atoms with Gasteiger partial charge in [-0.1, -0.05) is 13.3 Å². The smallest absolute Gasteiger partial charge is 0.344 e. The number of aliphatic carboxylic acids is 1. The highest BCUT2D eigenvalue weighted by Crippen LogP contribution is 2.13. The lowest BCUT2D eigenvalue weighted by molar-refractivity contribution is -0.138. The van der Waals surface area contributed by atoms with E-state index >= 15 is 0 Å². The fraction of sp³-hybridized carbons (Fsp3) is 0.625. The van der Waals surface area contributed by atoms with Crippen LogP contribution in [-0.4, -0.2) is 25.8 Å². The maximum Gasteiger partial charge on any atom is 0.344 e. The number of carboxylic acids is 1. The van der Waals surface area contributed by atoms with E-state index in [2.05, 4.69) is 10.2 Å². The molecule has 0 spiro atoms. The molecule has 0 aliphatic carbocycles. The normalized spacial score (nSPS) is 12.6. The molecule has 1 aromatic heterocycles. The van der Waals surface area contributed by atoms with Crippen molar-refractivity contribution in [1.82, 2.24) is 14.8 Å². The molecule has 15 heavy (non-hydrogen) atoms. The van der Waals surface area contributed by atoms with Gasteiger partial charge in [-0.2, -0.15) is 0 Å². The molecular weight excluding hydrogens is 202 g/mol. The molecule has 0 aliphatic rings. The van der Waals surface area contributed by atoms with Gasteiger partial charge in [0.15, 0.2) is 0 Å². The van der Waals surface area contributed by atoms with Crippen LogP contribution in [0.1, 0.15) is 32.2 Å². The lowest BCUT2D eigenvalue weighted by Gasteiger charge is -2.12. The van der Waals surface area contributed by atoms with Crippen molar-refractivity contribution in [3.8, 4) is 0 Å². The Morgan fingerprint density at radius 2 is 1.93 bits per heavy atom. The van der Waals surface area contributed by atoms with Gasteiger partial charge in [-0.3, -0.25) is 4.79 Å². The lowest BCUT2D eigenvalue weighted by atomic mass is 10.1. The minimum atomic E-state index is -1.03. The molecule has 1 heterocycles. The van der Waals surface area contributed by atoms with Gasteiger partial charge in [0.1, 0.15) is 0 Å². The molecule has 1 unspecified atom stereocenters. The highest BCUT2D eigenvalue weighted by molar-refractivity contribution is 5.67. The largest absolute Gasteiger partial charge is 0.481 e. The number of carboxylic acid groups (broad SMARTS) is 1. The number of aromatic amines is 2. The van der Waals surface area contributed by atoms with E-state index < -0.39 is 23.4 Å². The van der Waals surface area contributed by atoms with Gasteiger partial charge >= 0.3 is 17.3 Å². The van der Waals surface area contributed by atoms with Crippen molar-refractivity contribution < 1.29 is 9.90 Å². The summed E-state index contributed by atoms with van der Waals surface area (Å²) in [6.07, 6.45) is 0.955. The molecule has 84 valence electrons. The quantitative estimate of drug-likeness (QED) is 0.625. The Labute approximate surface area is 84.7 Å². The number of nitrogens with one attached hydrogen (secondary N) is 2. The van der Waals surface area contributed by atoms with Crippen molar-refractivity contribution in [2.75, 3.05) is 0 Å². The van der Waals surface area contributed by atoms with Gasteiger partial charge in [0.2, 0.25) is 0 Å². The standard InChI is InChI=1S/C8H13N3O4/c1-2-3-5(4-6(12)13)11-7(14)9-10-8(11)15/h5H,2-4H2,1H3,(H,9,14)(H,10,15)(H,12,13). The van der Waals surface area contributed by atoms with E-state index in [1.807, 2.05) is 6.92 Å². The zero-order chi connectivity index (χ0) is 11.4. The predicted molar refractivity (Wildman–Crippen MR) is 51.9 cm³/mol. The number of hydrogen-bond donors (Lipinski definition) is 3. The summed E-state index contributed by atoms with van der Waals surface area (Å²) in [5, 5.41) is 12.9. The summed E-state index contributed by atoms with van der Waals surface area (Å²) in [5.74, 6) is -1.03. The average Bonchev–Trinajstić information content (AvgIpc) is 2.45. The van der Waals surface area contributed by atoms with Crippen LogP contribution in [0.25, 0.3) is 0 Å². The van der Waals surface area contributed by atoms with E-state index in [-0.39, 0.29) is 6.42 Å². The Kier molecular flexibility index (Phi) is 3.48. The van der Waals surface area contributed by atoms with Gasteiger partial charge in [-0.15, -0.1) is 0 Å². The summed E-state index contributed by atoms with van der Waals surface area (Å²) in [6, 6.07) is -0.588. The van der Waals surface area contributed by atoms with Gasteiger partial charge in [0, 0.05) is 0 Å². The molecule has 1 rings (SSSR count). The minimum absolute atomic E-state index is 0.228. The number of carbonyl (C=O) groups is 1. The molecule has 0 bridgehead atoms. The number of H-pyrrole nitrogens is 2. The van der Waals surface area contributed by atoms with Crippen LogP contribution in [-0.2, 0) is 4.79 Å². The molecule has 7 nitrogen and oxygen atoms in total. The predicted octanol–water partition coefficient (Wildman–Crippen LogP) is -0.319. The third-order valence-electron chi connectivity index (χ3n) is 2.11. The van der Waals surface area contributed by atoms with Crippen LogP contribution < -0.4 is 11.4 Å². The fourth-order valence-electron chi connectivity index (χ4n) is 1.51. The number of aromatic nitrogens is 3. The molecule has 0 fully saturated rings. The molecule has 0 saturated carbocycles. The maximum atomic E-state index is 11.2. The Morgan fingerprint density at radius 3 is 2.33 bits per heavy atom. The monoisotopic (exact) mass is 215 g/mol. The number of rotatable bonds is 5. The molecule has 0 saturated heterocycles. The summed E-state index contributed by atoms with van der Waals surface area (Å²) in [4.78, 5) is 33.0. The van der Waals surface area contributed by atoms with Crippen molar-refractivity contribution in [2.24, 2.45) is 0 Å². The molecule has 3 N–H and O–H groups in total. The van der Waals surface area contributed by atoms with E-state index in [0.717, 1.165) is 4.57 Å². The molecular formula is C8H13N3O4. The van der Waals surface area contributed by atoms with Crippen LogP contribution >= 0.6 is 0 Å². The molecule has 0 radical (unpaired) electrons. The molecule has 0 aliphatic heterocycles. The summed E-state index contributed by atoms with van der Waals surface area (Å²) in [7, 11) is 0. The first-order valence-electron chi connectivity index (χ1n) is 4.67. The summed E-state index contributed by atoms with van der Waals surface area (Å²) in [6.45, 7) is 1.86. The van der Waals surface area contributed by atoms with Crippen LogP contribution in [0.5, 0.6) is 0 Å². The van der Waals surface area contributed by atoms with Crippen LogP contribution in [0.4, 0.5) is 0 Å². The molecule has 0 aromatic carbocycles. The van der Waals surface area contributed by atoms with Crippen molar-refractivity contribution >= 4 is 5.97 Å². The number of hydrogen-bond acceptors (Lipinski definition) is 3. The Bertz CT molecular complexity index is 414. The second-order valence-corrected chi connectivity index (χ2v) is 3.27. The van der Waals surface area contributed by atoms with E-state index in [4.69, 9.17) is 5.11 Å². The van der Waals surface area contributed by atoms with E-state index in [1.54, 1.807) is 0 Å².